The molecule has 0 unspecified atom stereocenters. The first kappa shape index (κ1) is 14.4. The Morgan fingerprint density at radius 3 is 2.27 bits per heavy atom. The van der Waals surface area contributed by atoms with Crippen molar-refractivity contribution >= 4 is 5.91 Å². The van der Waals surface area contributed by atoms with E-state index in [1.807, 2.05) is 0 Å². The van der Waals surface area contributed by atoms with Crippen molar-refractivity contribution in [2.24, 2.45) is 5.92 Å². The molecule has 0 aliphatic heterocycles. The summed E-state index contributed by atoms with van der Waals surface area (Å²) >= 11 is 0. The molecule has 0 spiro atoms. The Hall–Kier alpha value is -0.570. The Labute approximate surface area is 94.2 Å². The molecule has 0 aromatic heterocycles. The molecule has 2 atom stereocenters. The first-order valence-corrected chi connectivity index (χ1v) is 5.94. The average Bonchev–Trinajstić information content (AvgIpc) is 2.22. The molecule has 1 amide bonds. The number of nitrogens with zero attached hydrogens (tertiary/aromatic N) is 1. The van der Waals surface area contributed by atoms with Crippen LogP contribution in [0, 0.1) is 5.92 Å². The van der Waals surface area contributed by atoms with Gasteiger partial charge in [0, 0.05) is 20.1 Å². The van der Waals surface area contributed by atoms with E-state index in [0.717, 1.165) is 18.8 Å². The van der Waals surface area contributed by atoms with Crippen LogP contribution in [-0.4, -0.2) is 37.5 Å². The summed E-state index contributed by atoms with van der Waals surface area (Å²) in [6.07, 6.45) is 3.46. The maximum Gasteiger partial charge on any atom is 0.236 e. The van der Waals surface area contributed by atoms with E-state index in [9.17, 15) is 4.79 Å². The lowest BCUT2D eigenvalue weighted by Gasteiger charge is -2.21. The molecule has 90 valence electrons. The number of rotatable bonds is 7. The molecule has 0 saturated heterocycles. The molecule has 0 rings (SSSR count). The smallest absolute Gasteiger partial charge is 0.236 e. The third kappa shape index (κ3) is 6.50. The quantitative estimate of drug-likeness (QED) is 0.702. The van der Waals surface area contributed by atoms with Crippen molar-refractivity contribution in [2.75, 3.05) is 20.6 Å². The van der Waals surface area contributed by atoms with E-state index >= 15 is 0 Å². The molecule has 3 nitrogen and oxygen atoms in total. The lowest BCUT2D eigenvalue weighted by Crippen LogP contribution is -2.39. The standard InChI is InChI=1S/C12H26N2O/c1-6-10(3)8-11(7-2)13-9-12(15)14(4)5/h10-11,13H,6-9H2,1-5H3/t10-,11-/m0/s1. The van der Waals surface area contributed by atoms with Crippen molar-refractivity contribution in [1.82, 2.24) is 10.2 Å². The summed E-state index contributed by atoms with van der Waals surface area (Å²) in [5.41, 5.74) is 0. The van der Waals surface area contributed by atoms with Crippen LogP contribution in [0.2, 0.25) is 0 Å². The van der Waals surface area contributed by atoms with Gasteiger partial charge in [-0.05, 0) is 18.8 Å². The van der Waals surface area contributed by atoms with Crippen molar-refractivity contribution in [2.45, 2.75) is 46.1 Å². The fourth-order valence-electron chi connectivity index (χ4n) is 1.44. The van der Waals surface area contributed by atoms with Gasteiger partial charge >= 0.3 is 0 Å². The third-order valence-corrected chi connectivity index (χ3v) is 2.92. The first-order chi connectivity index (χ1) is 7.01. The van der Waals surface area contributed by atoms with E-state index in [2.05, 4.69) is 26.1 Å². The second-order valence-corrected chi connectivity index (χ2v) is 4.52. The minimum atomic E-state index is 0.151. The Morgan fingerprint density at radius 2 is 1.87 bits per heavy atom. The van der Waals surface area contributed by atoms with Crippen LogP contribution in [-0.2, 0) is 4.79 Å². The third-order valence-electron chi connectivity index (χ3n) is 2.92. The van der Waals surface area contributed by atoms with Gasteiger partial charge in [0.15, 0.2) is 0 Å². The first-order valence-electron chi connectivity index (χ1n) is 5.94. The maximum atomic E-state index is 11.4. The number of amides is 1. The summed E-state index contributed by atoms with van der Waals surface area (Å²) in [4.78, 5) is 13.0. The van der Waals surface area contributed by atoms with Gasteiger partial charge in [-0.2, -0.15) is 0 Å². The molecule has 0 saturated carbocycles. The Balaban J connectivity index is 3.84. The van der Waals surface area contributed by atoms with Crippen molar-refractivity contribution in [3.8, 4) is 0 Å². The molecule has 0 radical (unpaired) electrons. The maximum absolute atomic E-state index is 11.4. The Kier molecular flexibility index (Phi) is 7.39. The minimum Gasteiger partial charge on any atom is -0.348 e. The second-order valence-electron chi connectivity index (χ2n) is 4.52. The lowest BCUT2D eigenvalue weighted by molar-refractivity contribution is -0.127. The van der Waals surface area contributed by atoms with Crippen molar-refractivity contribution in [3.63, 3.8) is 0 Å². The van der Waals surface area contributed by atoms with Crippen LogP contribution in [0.5, 0.6) is 0 Å². The van der Waals surface area contributed by atoms with Gasteiger partial charge in [-0.25, -0.2) is 0 Å². The number of likely N-dealkylation sites (N-methyl/N-ethyl adjacent to an activating group) is 1. The lowest BCUT2D eigenvalue weighted by atomic mass is 9.98. The van der Waals surface area contributed by atoms with Gasteiger partial charge < -0.3 is 10.2 Å². The molecule has 3 heteroatoms. The van der Waals surface area contributed by atoms with E-state index in [0.29, 0.717) is 12.6 Å². The summed E-state index contributed by atoms with van der Waals surface area (Å²) < 4.78 is 0. The van der Waals surface area contributed by atoms with Gasteiger partial charge in [0.1, 0.15) is 0 Å². The minimum absolute atomic E-state index is 0.151. The predicted molar refractivity (Wildman–Crippen MR) is 64.8 cm³/mol. The summed E-state index contributed by atoms with van der Waals surface area (Å²) in [6, 6.07) is 0.476. The van der Waals surface area contributed by atoms with E-state index in [-0.39, 0.29) is 5.91 Å². The van der Waals surface area contributed by atoms with Crippen LogP contribution in [0.1, 0.15) is 40.0 Å². The molecule has 0 heterocycles. The molecule has 15 heavy (non-hydrogen) atoms. The predicted octanol–water partition coefficient (Wildman–Crippen LogP) is 1.88. The number of carbonyl (C=O) groups excluding carboxylic acids is 1. The molecule has 0 bridgehead atoms. The van der Waals surface area contributed by atoms with Crippen LogP contribution in [0.25, 0.3) is 0 Å². The van der Waals surface area contributed by atoms with Crippen LogP contribution in [0.4, 0.5) is 0 Å². The van der Waals surface area contributed by atoms with E-state index in [1.54, 1.807) is 19.0 Å². The fourth-order valence-corrected chi connectivity index (χ4v) is 1.44. The van der Waals surface area contributed by atoms with Gasteiger partial charge in [-0.15, -0.1) is 0 Å². The summed E-state index contributed by atoms with van der Waals surface area (Å²) in [6.45, 7) is 7.10. The largest absolute Gasteiger partial charge is 0.348 e. The van der Waals surface area contributed by atoms with Gasteiger partial charge in [-0.1, -0.05) is 27.2 Å². The summed E-state index contributed by atoms with van der Waals surface area (Å²) in [7, 11) is 3.58. The van der Waals surface area contributed by atoms with Gasteiger partial charge in [0.2, 0.25) is 5.91 Å². The molecular formula is C12H26N2O. The van der Waals surface area contributed by atoms with Crippen LogP contribution in [0.3, 0.4) is 0 Å². The number of nitrogens with one attached hydrogen (secondary N) is 1. The molecule has 0 fully saturated rings. The van der Waals surface area contributed by atoms with Gasteiger partial charge in [0.05, 0.1) is 6.54 Å². The summed E-state index contributed by atoms with van der Waals surface area (Å²) in [5, 5.41) is 3.32. The van der Waals surface area contributed by atoms with Crippen LogP contribution in [0.15, 0.2) is 0 Å². The molecule has 0 aromatic rings. The number of hydrogen-bond donors (Lipinski definition) is 1. The van der Waals surface area contributed by atoms with Crippen molar-refractivity contribution < 1.29 is 4.79 Å². The average molecular weight is 214 g/mol. The van der Waals surface area contributed by atoms with E-state index < -0.39 is 0 Å². The zero-order valence-corrected chi connectivity index (χ0v) is 10.8. The highest BCUT2D eigenvalue weighted by Crippen LogP contribution is 2.11. The molecule has 0 aliphatic carbocycles. The summed E-state index contributed by atoms with van der Waals surface area (Å²) in [5.74, 6) is 0.884. The highest BCUT2D eigenvalue weighted by Gasteiger charge is 2.12. The topological polar surface area (TPSA) is 32.3 Å². The fraction of sp³-hybridized carbons (Fsp3) is 0.917. The van der Waals surface area contributed by atoms with E-state index in [4.69, 9.17) is 0 Å². The zero-order chi connectivity index (χ0) is 11.8. The second kappa shape index (κ2) is 7.69. The zero-order valence-electron chi connectivity index (χ0n) is 10.8. The van der Waals surface area contributed by atoms with Gasteiger partial charge in [0.25, 0.3) is 0 Å². The monoisotopic (exact) mass is 214 g/mol. The Bertz CT molecular complexity index is 180. The molecule has 0 aliphatic rings. The molecule has 1 N–H and O–H groups in total. The molecule has 0 aromatic carbocycles. The highest BCUT2D eigenvalue weighted by molar-refractivity contribution is 5.77. The Morgan fingerprint density at radius 1 is 1.27 bits per heavy atom. The van der Waals surface area contributed by atoms with Crippen LogP contribution < -0.4 is 5.32 Å². The SMILES string of the molecule is CC[C@H](C)C[C@H](CC)NCC(=O)N(C)C. The van der Waals surface area contributed by atoms with E-state index in [1.165, 1.54) is 6.42 Å². The number of carbonyl (C=O) groups is 1. The highest BCUT2D eigenvalue weighted by atomic mass is 16.2. The van der Waals surface area contributed by atoms with Crippen LogP contribution >= 0.6 is 0 Å². The number of hydrogen-bond acceptors (Lipinski definition) is 2. The normalized spacial score (nSPS) is 14.7. The van der Waals surface area contributed by atoms with Crippen molar-refractivity contribution in [3.05, 3.63) is 0 Å². The van der Waals surface area contributed by atoms with Gasteiger partial charge in [-0.3, -0.25) is 4.79 Å². The molecular weight excluding hydrogens is 188 g/mol. The van der Waals surface area contributed by atoms with Crippen molar-refractivity contribution in [1.29, 1.82) is 0 Å².